The molecule has 0 saturated carbocycles. The van der Waals surface area contributed by atoms with Gasteiger partial charge in [-0.25, -0.2) is 13.4 Å². The summed E-state index contributed by atoms with van der Waals surface area (Å²) >= 11 is 1.41. The summed E-state index contributed by atoms with van der Waals surface area (Å²) in [5.41, 5.74) is 3.86. The highest BCUT2D eigenvalue weighted by Gasteiger charge is 2.19. The molecule has 0 aliphatic carbocycles. The normalized spacial score (nSPS) is 15.1. The van der Waals surface area contributed by atoms with Gasteiger partial charge in [0.2, 0.25) is 0 Å². The maximum atomic E-state index is 12.2. The number of hydrogen-bond donors (Lipinski definition) is 1. The van der Waals surface area contributed by atoms with Crippen LogP contribution in [0.4, 0.5) is 5.69 Å². The predicted molar refractivity (Wildman–Crippen MR) is 101 cm³/mol. The molecule has 1 atom stereocenters. The van der Waals surface area contributed by atoms with Gasteiger partial charge in [0, 0.05) is 42.5 Å². The van der Waals surface area contributed by atoms with Gasteiger partial charge < -0.3 is 10.2 Å². The number of benzene rings is 1. The number of likely N-dealkylation sites (N-methyl/N-ethyl adjacent to an activating group) is 1. The molecule has 25 heavy (non-hydrogen) atoms. The highest BCUT2D eigenvalue weighted by atomic mass is 32.2. The molecule has 1 aliphatic rings. The van der Waals surface area contributed by atoms with Crippen LogP contribution in [0.3, 0.4) is 0 Å². The van der Waals surface area contributed by atoms with Gasteiger partial charge in [-0.15, -0.1) is 11.3 Å². The molecule has 1 aromatic carbocycles. The van der Waals surface area contributed by atoms with E-state index in [4.69, 9.17) is 0 Å². The molecule has 0 spiro atoms. The fourth-order valence-corrected chi connectivity index (χ4v) is 4.79. The standard InChI is InChI=1S/C17H21N3O3S2/c1-11(10-25(3,22)23)18-16(21)14-9-24-17(19-14)13-4-5-15-12(8-13)6-7-20(15)2/h4-5,8-9,11H,6-7,10H2,1-3H3,(H,18,21)/t11-/m1/s1. The van der Waals surface area contributed by atoms with E-state index >= 15 is 0 Å². The van der Waals surface area contributed by atoms with Crippen molar-refractivity contribution in [2.45, 2.75) is 19.4 Å². The summed E-state index contributed by atoms with van der Waals surface area (Å²) in [5.74, 6) is -0.437. The monoisotopic (exact) mass is 379 g/mol. The number of aromatic nitrogens is 1. The van der Waals surface area contributed by atoms with Crippen molar-refractivity contribution in [2.24, 2.45) is 0 Å². The highest BCUT2D eigenvalue weighted by molar-refractivity contribution is 7.90. The number of rotatable bonds is 5. The molecule has 1 amide bonds. The minimum Gasteiger partial charge on any atom is -0.374 e. The Hall–Kier alpha value is -1.93. The van der Waals surface area contributed by atoms with Gasteiger partial charge in [0.05, 0.1) is 5.75 Å². The fraction of sp³-hybridized carbons (Fsp3) is 0.412. The Morgan fingerprint density at radius 2 is 2.20 bits per heavy atom. The molecule has 0 bridgehead atoms. The SMILES string of the molecule is C[C@H](CS(C)(=O)=O)NC(=O)c1csc(-c2ccc3c(c2)CCN3C)n1. The molecular formula is C17H21N3O3S2. The Morgan fingerprint density at radius 3 is 2.92 bits per heavy atom. The average molecular weight is 380 g/mol. The first-order valence-electron chi connectivity index (χ1n) is 8.01. The lowest BCUT2D eigenvalue weighted by atomic mass is 10.1. The number of fused-ring (bicyclic) bond motifs is 1. The molecule has 0 radical (unpaired) electrons. The second kappa shape index (κ2) is 6.76. The summed E-state index contributed by atoms with van der Waals surface area (Å²) in [6.45, 7) is 2.69. The summed E-state index contributed by atoms with van der Waals surface area (Å²) in [5, 5.41) is 5.18. The molecule has 3 rings (SSSR count). The van der Waals surface area contributed by atoms with E-state index in [-0.39, 0.29) is 11.7 Å². The van der Waals surface area contributed by atoms with Crippen molar-refractivity contribution in [3.05, 3.63) is 34.8 Å². The maximum Gasteiger partial charge on any atom is 0.271 e. The molecule has 2 aromatic rings. The summed E-state index contributed by atoms with van der Waals surface area (Å²) in [6.07, 6.45) is 2.17. The third kappa shape index (κ3) is 4.19. The van der Waals surface area contributed by atoms with Gasteiger partial charge in [0.1, 0.15) is 20.5 Å². The smallest absolute Gasteiger partial charge is 0.271 e. The van der Waals surface area contributed by atoms with Crippen LogP contribution >= 0.6 is 11.3 Å². The van der Waals surface area contributed by atoms with E-state index < -0.39 is 15.9 Å². The van der Waals surface area contributed by atoms with Gasteiger partial charge in [-0.1, -0.05) is 0 Å². The molecule has 1 aromatic heterocycles. The van der Waals surface area contributed by atoms with E-state index in [9.17, 15) is 13.2 Å². The Labute approximate surface area is 151 Å². The number of carbonyl (C=O) groups excluding carboxylic acids is 1. The molecular weight excluding hydrogens is 358 g/mol. The second-order valence-electron chi connectivity index (χ2n) is 6.52. The topological polar surface area (TPSA) is 79.4 Å². The summed E-state index contributed by atoms with van der Waals surface area (Å²) in [7, 11) is -1.06. The Bertz CT molecular complexity index is 906. The Morgan fingerprint density at radius 1 is 1.44 bits per heavy atom. The maximum absolute atomic E-state index is 12.2. The first-order chi connectivity index (χ1) is 11.7. The predicted octanol–water partition coefficient (Wildman–Crippen LogP) is 1.97. The quantitative estimate of drug-likeness (QED) is 0.859. The minimum absolute atomic E-state index is 0.0892. The van der Waals surface area contributed by atoms with Crippen molar-refractivity contribution in [3.63, 3.8) is 0 Å². The number of anilines is 1. The molecule has 6 nitrogen and oxygen atoms in total. The highest BCUT2D eigenvalue weighted by Crippen LogP contribution is 2.32. The number of hydrogen-bond acceptors (Lipinski definition) is 6. The third-order valence-corrected chi connectivity index (χ3v) is 6.12. The van der Waals surface area contributed by atoms with Gasteiger partial charge in [0.15, 0.2) is 0 Å². The van der Waals surface area contributed by atoms with Crippen LogP contribution in [-0.4, -0.2) is 51.0 Å². The van der Waals surface area contributed by atoms with Crippen LogP contribution in [0, 0.1) is 0 Å². The molecule has 1 N–H and O–H groups in total. The van der Waals surface area contributed by atoms with Gasteiger partial charge in [-0.2, -0.15) is 0 Å². The number of nitrogens with zero attached hydrogens (tertiary/aromatic N) is 2. The van der Waals surface area contributed by atoms with Crippen LogP contribution < -0.4 is 10.2 Å². The molecule has 0 unspecified atom stereocenters. The van der Waals surface area contributed by atoms with Crippen molar-refractivity contribution < 1.29 is 13.2 Å². The largest absolute Gasteiger partial charge is 0.374 e. The molecule has 0 saturated heterocycles. The van der Waals surface area contributed by atoms with Gasteiger partial charge >= 0.3 is 0 Å². The van der Waals surface area contributed by atoms with Crippen molar-refractivity contribution in [1.29, 1.82) is 0 Å². The molecule has 2 heterocycles. The van der Waals surface area contributed by atoms with Crippen LogP contribution in [0.5, 0.6) is 0 Å². The number of nitrogens with one attached hydrogen (secondary N) is 1. The van der Waals surface area contributed by atoms with E-state index in [0.29, 0.717) is 5.69 Å². The van der Waals surface area contributed by atoms with Gasteiger partial charge in [-0.3, -0.25) is 4.79 Å². The zero-order valence-electron chi connectivity index (χ0n) is 14.4. The van der Waals surface area contributed by atoms with Crippen molar-refractivity contribution in [1.82, 2.24) is 10.3 Å². The van der Waals surface area contributed by atoms with Gasteiger partial charge in [-0.05, 0) is 37.1 Å². The second-order valence-corrected chi connectivity index (χ2v) is 9.56. The minimum atomic E-state index is -3.14. The lowest BCUT2D eigenvalue weighted by Gasteiger charge is -2.12. The molecule has 0 fully saturated rings. The molecule has 8 heteroatoms. The zero-order valence-corrected chi connectivity index (χ0v) is 16.1. The molecule has 1 aliphatic heterocycles. The lowest BCUT2D eigenvalue weighted by Crippen LogP contribution is -2.37. The van der Waals surface area contributed by atoms with E-state index in [1.165, 1.54) is 22.6 Å². The van der Waals surface area contributed by atoms with Crippen molar-refractivity contribution in [2.75, 3.05) is 30.5 Å². The van der Waals surface area contributed by atoms with Crippen LogP contribution in [0.25, 0.3) is 10.6 Å². The third-order valence-electron chi connectivity index (χ3n) is 4.12. The van der Waals surface area contributed by atoms with Gasteiger partial charge in [0.25, 0.3) is 5.91 Å². The number of carbonyl (C=O) groups is 1. The first kappa shape index (κ1) is 17.9. The summed E-state index contributed by atoms with van der Waals surface area (Å²) < 4.78 is 22.6. The van der Waals surface area contributed by atoms with E-state index in [1.807, 2.05) is 6.07 Å². The number of amides is 1. The van der Waals surface area contributed by atoms with Crippen LogP contribution in [0.2, 0.25) is 0 Å². The summed E-state index contributed by atoms with van der Waals surface area (Å²) in [4.78, 5) is 18.9. The van der Waals surface area contributed by atoms with Crippen LogP contribution in [-0.2, 0) is 16.3 Å². The summed E-state index contributed by atoms with van der Waals surface area (Å²) in [6, 6.07) is 5.79. The van der Waals surface area contributed by atoms with E-state index in [0.717, 1.165) is 29.8 Å². The first-order valence-corrected chi connectivity index (χ1v) is 11.0. The lowest BCUT2D eigenvalue weighted by molar-refractivity contribution is 0.0939. The number of thiazole rings is 1. The Balaban J connectivity index is 1.73. The fourth-order valence-electron chi connectivity index (χ4n) is 3.00. The average Bonchev–Trinajstić information content (AvgIpc) is 3.12. The number of sulfone groups is 1. The van der Waals surface area contributed by atoms with Crippen molar-refractivity contribution >= 4 is 32.8 Å². The van der Waals surface area contributed by atoms with Crippen molar-refractivity contribution in [3.8, 4) is 10.6 Å². The van der Waals surface area contributed by atoms with E-state index in [1.54, 1.807) is 12.3 Å². The Kier molecular flexibility index (Phi) is 4.83. The van der Waals surface area contributed by atoms with Crippen LogP contribution in [0.15, 0.2) is 23.6 Å². The molecule has 134 valence electrons. The van der Waals surface area contributed by atoms with Crippen LogP contribution in [0.1, 0.15) is 23.0 Å². The zero-order chi connectivity index (χ0) is 18.2. The van der Waals surface area contributed by atoms with E-state index in [2.05, 4.69) is 34.4 Å².